The standard InChI is InChI=1S/C15H24O8/c1-3-12(18)22-9-15(14(20)21,10-23-13(19)4-2)8-6-5-7-11(16)17/h3-10H2,1-2H3,(H,16,17)(H,20,21). The minimum absolute atomic E-state index is 0.0452. The van der Waals surface area contributed by atoms with Gasteiger partial charge < -0.3 is 19.7 Å². The van der Waals surface area contributed by atoms with E-state index in [0.717, 1.165) is 0 Å². The Morgan fingerprint density at radius 1 is 0.870 bits per heavy atom. The van der Waals surface area contributed by atoms with Crippen LogP contribution < -0.4 is 0 Å². The molecule has 0 amide bonds. The van der Waals surface area contributed by atoms with Crippen molar-refractivity contribution >= 4 is 23.9 Å². The summed E-state index contributed by atoms with van der Waals surface area (Å²) in [6.07, 6.45) is 0.746. The molecule has 8 nitrogen and oxygen atoms in total. The first-order valence-corrected chi connectivity index (χ1v) is 7.53. The molecule has 0 radical (unpaired) electrons. The second-order valence-electron chi connectivity index (χ2n) is 5.21. The van der Waals surface area contributed by atoms with Crippen LogP contribution in [0.25, 0.3) is 0 Å². The van der Waals surface area contributed by atoms with Gasteiger partial charge in [-0.3, -0.25) is 19.2 Å². The predicted molar refractivity (Wildman–Crippen MR) is 78.7 cm³/mol. The highest BCUT2D eigenvalue weighted by Crippen LogP contribution is 2.27. The summed E-state index contributed by atoms with van der Waals surface area (Å²) in [6, 6.07) is 0. The average Bonchev–Trinajstić information content (AvgIpc) is 2.52. The molecule has 0 aliphatic rings. The maximum Gasteiger partial charge on any atom is 0.316 e. The molecule has 0 spiro atoms. The predicted octanol–water partition coefficient (Wildman–Crippen LogP) is 1.61. The Hall–Kier alpha value is -2.12. The Labute approximate surface area is 134 Å². The van der Waals surface area contributed by atoms with Gasteiger partial charge in [-0.25, -0.2) is 0 Å². The van der Waals surface area contributed by atoms with Crippen molar-refractivity contribution in [2.45, 2.75) is 52.4 Å². The lowest BCUT2D eigenvalue weighted by Gasteiger charge is -2.28. The molecule has 0 aromatic heterocycles. The number of ether oxygens (including phenoxy) is 2. The minimum Gasteiger partial charge on any atom is -0.481 e. The van der Waals surface area contributed by atoms with E-state index in [1.807, 2.05) is 0 Å². The fraction of sp³-hybridized carbons (Fsp3) is 0.733. The highest BCUT2D eigenvalue weighted by Gasteiger charge is 2.41. The van der Waals surface area contributed by atoms with Crippen molar-refractivity contribution < 1.29 is 38.9 Å². The van der Waals surface area contributed by atoms with Gasteiger partial charge in [0.1, 0.15) is 18.6 Å². The topological polar surface area (TPSA) is 127 Å². The Morgan fingerprint density at radius 2 is 1.35 bits per heavy atom. The highest BCUT2D eigenvalue weighted by molar-refractivity contribution is 5.77. The monoisotopic (exact) mass is 332 g/mol. The zero-order valence-electron chi connectivity index (χ0n) is 13.5. The van der Waals surface area contributed by atoms with Gasteiger partial charge >= 0.3 is 23.9 Å². The van der Waals surface area contributed by atoms with Crippen molar-refractivity contribution in [1.82, 2.24) is 0 Å². The van der Waals surface area contributed by atoms with E-state index in [1.54, 1.807) is 13.8 Å². The summed E-state index contributed by atoms with van der Waals surface area (Å²) in [4.78, 5) is 44.8. The molecule has 0 saturated carbocycles. The molecular formula is C15H24O8. The number of hydrogen-bond acceptors (Lipinski definition) is 6. The van der Waals surface area contributed by atoms with E-state index in [2.05, 4.69) is 0 Å². The molecule has 0 aliphatic carbocycles. The first kappa shape index (κ1) is 20.9. The van der Waals surface area contributed by atoms with Crippen LogP contribution in [0.3, 0.4) is 0 Å². The van der Waals surface area contributed by atoms with Gasteiger partial charge in [0.05, 0.1) is 0 Å². The summed E-state index contributed by atoms with van der Waals surface area (Å²) >= 11 is 0. The maximum atomic E-state index is 11.7. The van der Waals surface area contributed by atoms with Gasteiger partial charge in [-0.15, -0.1) is 0 Å². The Balaban J connectivity index is 4.92. The van der Waals surface area contributed by atoms with Crippen LogP contribution in [-0.2, 0) is 28.7 Å². The third kappa shape index (κ3) is 8.18. The third-order valence-electron chi connectivity index (χ3n) is 3.35. The molecule has 0 aromatic rings. The van der Waals surface area contributed by atoms with E-state index in [-0.39, 0.29) is 32.1 Å². The highest BCUT2D eigenvalue weighted by atomic mass is 16.6. The van der Waals surface area contributed by atoms with Gasteiger partial charge in [-0.1, -0.05) is 20.3 Å². The third-order valence-corrected chi connectivity index (χ3v) is 3.35. The quantitative estimate of drug-likeness (QED) is 0.407. The lowest BCUT2D eigenvalue weighted by atomic mass is 9.84. The van der Waals surface area contributed by atoms with E-state index in [0.29, 0.717) is 6.42 Å². The molecule has 23 heavy (non-hydrogen) atoms. The molecule has 0 atom stereocenters. The van der Waals surface area contributed by atoms with Crippen molar-refractivity contribution in [3.8, 4) is 0 Å². The molecule has 0 heterocycles. The van der Waals surface area contributed by atoms with Gasteiger partial charge in [-0.05, 0) is 12.8 Å². The van der Waals surface area contributed by atoms with Crippen molar-refractivity contribution in [2.75, 3.05) is 13.2 Å². The largest absolute Gasteiger partial charge is 0.481 e. The van der Waals surface area contributed by atoms with Crippen molar-refractivity contribution in [2.24, 2.45) is 5.41 Å². The number of carbonyl (C=O) groups is 4. The van der Waals surface area contributed by atoms with Crippen LogP contribution in [0.1, 0.15) is 52.4 Å². The molecule has 0 fully saturated rings. The van der Waals surface area contributed by atoms with E-state index in [9.17, 15) is 24.3 Å². The number of carboxylic acids is 2. The van der Waals surface area contributed by atoms with E-state index in [4.69, 9.17) is 14.6 Å². The fourth-order valence-electron chi connectivity index (χ4n) is 1.80. The van der Waals surface area contributed by atoms with Crippen LogP contribution in [0.15, 0.2) is 0 Å². The van der Waals surface area contributed by atoms with Crippen molar-refractivity contribution in [3.05, 3.63) is 0 Å². The zero-order chi connectivity index (χ0) is 17.9. The van der Waals surface area contributed by atoms with Crippen LogP contribution in [0.5, 0.6) is 0 Å². The number of hydrogen-bond donors (Lipinski definition) is 2. The number of unbranched alkanes of at least 4 members (excludes halogenated alkanes) is 1. The van der Waals surface area contributed by atoms with E-state index >= 15 is 0 Å². The first-order valence-electron chi connectivity index (χ1n) is 7.53. The Bertz CT molecular complexity index is 409. The number of carboxylic acid groups (broad SMARTS) is 2. The van der Waals surface area contributed by atoms with Crippen LogP contribution in [0.4, 0.5) is 0 Å². The summed E-state index contributed by atoms with van der Waals surface area (Å²) in [5.74, 6) is -3.33. The van der Waals surface area contributed by atoms with Crippen LogP contribution in [0.2, 0.25) is 0 Å². The lowest BCUT2D eigenvalue weighted by molar-refractivity contribution is -0.168. The van der Waals surface area contributed by atoms with Crippen molar-refractivity contribution in [3.63, 3.8) is 0 Å². The number of carbonyl (C=O) groups excluding carboxylic acids is 2. The second kappa shape index (κ2) is 10.6. The normalized spacial score (nSPS) is 10.9. The van der Waals surface area contributed by atoms with Gasteiger partial charge in [0, 0.05) is 19.3 Å². The van der Waals surface area contributed by atoms with E-state index < -0.39 is 42.5 Å². The molecular weight excluding hydrogens is 308 g/mol. The van der Waals surface area contributed by atoms with Crippen LogP contribution in [0, 0.1) is 5.41 Å². The number of aliphatic carboxylic acids is 2. The molecule has 2 N–H and O–H groups in total. The summed E-state index contributed by atoms with van der Waals surface area (Å²) in [6.45, 7) is 2.32. The van der Waals surface area contributed by atoms with E-state index in [1.165, 1.54) is 0 Å². The molecule has 0 aromatic carbocycles. The minimum atomic E-state index is -1.56. The van der Waals surface area contributed by atoms with Crippen molar-refractivity contribution in [1.29, 1.82) is 0 Å². The molecule has 0 bridgehead atoms. The maximum absolute atomic E-state index is 11.7. The second-order valence-corrected chi connectivity index (χ2v) is 5.21. The summed E-state index contributed by atoms with van der Waals surface area (Å²) in [5.41, 5.74) is -1.56. The molecule has 0 saturated heterocycles. The molecule has 132 valence electrons. The smallest absolute Gasteiger partial charge is 0.316 e. The molecule has 0 aliphatic heterocycles. The van der Waals surface area contributed by atoms with Gasteiger partial charge in [0.25, 0.3) is 0 Å². The number of rotatable bonds is 12. The summed E-state index contributed by atoms with van der Waals surface area (Å²) in [7, 11) is 0. The molecule has 0 rings (SSSR count). The fourth-order valence-corrected chi connectivity index (χ4v) is 1.80. The van der Waals surface area contributed by atoms with Crippen LogP contribution in [-0.4, -0.2) is 47.3 Å². The number of esters is 2. The van der Waals surface area contributed by atoms with Gasteiger partial charge in [0.2, 0.25) is 0 Å². The Kier molecular flexibility index (Phi) is 9.60. The summed E-state index contributed by atoms with van der Waals surface area (Å²) in [5, 5.41) is 18.1. The lowest BCUT2D eigenvalue weighted by Crippen LogP contribution is -2.41. The van der Waals surface area contributed by atoms with Gasteiger partial charge in [-0.2, -0.15) is 0 Å². The van der Waals surface area contributed by atoms with Crippen LogP contribution >= 0.6 is 0 Å². The Morgan fingerprint density at radius 3 is 1.70 bits per heavy atom. The van der Waals surface area contributed by atoms with Gasteiger partial charge in [0.15, 0.2) is 0 Å². The summed E-state index contributed by atoms with van der Waals surface area (Å²) < 4.78 is 9.87. The SMILES string of the molecule is CCC(=O)OCC(CCCCC(=O)O)(COC(=O)CC)C(=O)O. The first-order chi connectivity index (χ1) is 10.8. The molecule has 8 heteroatoms. The molecule has 0 unspecified atom stereocenters. The average molecular weight is 332 g/mol. The zero-order valence-corrected chi connectivity index (χ0v) is 13.5.